The molecule has 0 aliphatic carbocycles. The maximum absolute atomic E-state index is 13.3. The highest BCUT2D eigenvalue weighted by Gasteiger charge is 2.19. The van der Waals surface area contributed by atoms with Crippen LogP contribution in [0.25, 0.3) is 33.4 Å². The molecule has 5 aromatic rings. The maximum atomic E-state index is 13.3. The lowest BCUT2D eigenvalue weighted by Gasteiger charge is -2.07. The summed E-state index contributed by atoms with van der Waals surface area (Å²) in [5.74, 6) is -0.00712. The number of H-pyrrole nitrogens is 1. The Balaban J connectivity index is 1.49. The average Bonchev–Trinajstić information content (AvgIpc) is 3.35. The largest absolute Gasteiger partial charge is 0.345 e. The van der Waals surface area contributed by atoms with Gasteiger partial charge in [-0.3, -0.25) is 4.79 Å². The fraction of sp³-hybridized carbons (Fsp3) is 0.0909. The van der Waals surface area contributed by atoms with Gasteiger partial charge in [-0.2, -0.15) is 0 Å². The van der Waals surface area contributed by atoms with E-state index in [-0.39, 0.29) is 24.0 Å². The number of aromatic nitrogens is 4. The summed E-state index contributed by atoms with van der Waals surface area (Å²) >= 11 is 0. The van der Waals surface area contributed by atoms with E-state index in [0.29, 0.717) is 33.7 Å². The molecule has 0 radical (unpaired) electrons. The van der Waals surface area contributed by atoms with Gasteiger partial charge in [-0.1, -0.05) is 17.3 Å². The molecular formula is C22H16FN5O2. The van der Waals surface area contributed by atoms with Crippen LogP contribution in [0.4, 0.5) is 4.39 Å². The minimum Gasteiger partial charge on any atom is -0.345 e. The van der Waals surface area contributed by atoms with E-state index in [1.807, 2.05) is 24.3 Å². The molecule has 0 saturated heterocycles. The Labute approximate surface area is 169 Å². The zero-order valence-corrected chi connectivity index (χ0v) is 15.9. The Morgan fingerprint density at radius 2 is 1.93 bits per heavy atom. The van der Waals surface area contributed by atoms with E-state index in [4.69, 9.17) is 4.52 Å². The van der Waals surface area contributed by atoms with E-state index in [1.165, 1.54) is 12.1 Å². The van der Waals surface area contributed by atoms with E-state index < -0.39 is 0 Å². The fourth-order valence-corrected chi connectivity index (χ4v) is 3.39. The molecule has 7 nitrogen and oxygen atoms in total. The van der Waals surface area contributed by atoms with Crippen LogP contribution in [0.2, 0.25) is 0 Å². The number of carbonyl (C=O) groups excluding carboxylic acids is 1. The molecule has 148 valence electrons. The standard InChI is InChI=1S/C22H16FN5O2/c1-12-20-15(21(29)24-11-19-25-16-4-2-3-5-17(16)26-19)10-18(27-22(20)30-28-12)13-6-8-14(23)9-7-13/h2-10H,11H2,1H3,(H,24,29)(H,25,26). The number of carbonyl (C=O) groups is 1. The summed E-state index contributed by atoms with van der Waals surface area (Å²) < 4.78 is 18.6. The quantitative estimate of drug-likeness (QED) is 0.472. The zero-order valence-electron chi connectivity index (χ0n) is 15.9. The van der Waals surface area contributed by atoms with Crippen molar-refractivity contribution >= 4 is 28.0 Å². The molecule has 30 heavy (non-hydrogen) atoms. The Hall–Kier alpha value is -4.07. The summed E-state index contributed by atoms with van der Waals surface area (Å²) in [5.41, 5.74) is 4.10. The van der Waals surface area contributed by atoms with Gasteiger partial charge >= 0.3 is 0 Å². The molecule has 5 rings (SSSR count). The summed E-state index contributed by atoms with van der Waals surface area (Å²) in [5, 5.41) is 7.37. The molecule has 2 N–H and O–H groups in total. The smallest absolute Gasteiger partial charge is 0.259 e. The van der Waals surface area contributed by atoms with Crippen LogP contribution in [0.15, 0.2) is 59.1 Å². The van der Waals surface area contributed by atoms with E-state index >= 15 is 0 Å². The van der Waals surface area contributed by atoms with Crippen molar-refractivity contribution in [3.05, 3.63) is 77.5 Å². The molecule has 3 heterocycles. The van der Waals surface area contributed by atoms with Crippen LogP contribution in [-0.2, 0) is 6.54 Å². The first-order chi connectivity index (χ1) is 14.6. The zero-order chi connectivity index (χ0) is 20.7. The van der Waals surface area contributed by atoms with Crippen LogP contribution in [0.1, 0.15) is 21.9 Å². The second-order valence-corrected chi connectivity index (χ2v) is 6.89. The molecule has 1 amide bonds. The SMILES string of the molecule is Cc1noc2nc(-c3ccc(F)cc3)cc(C(=O)NCc3nc4ccccc4[nH]3)c12. The van der Waals surface area contributed by atoms with Crippen molar-refractivity contribution in [1.29, 1.82) is 0 Å². The number of amides is 1. The van der Waals surface area contributed by atoms with Crippen LogP contribution in [0.5, 0.6) is 0 Å². The Kier molecular flexibility index (Phi) is 4.24. The van der Waals surface area contributed by atoms with Gasteiger partial charge in [0.15, 0.2) is 0 Å². The minimum absolute atomic E-state index is 0.230. The number of hydrogen-bond donors (Lipinski definition) is 2. The number of rotatable bonds is 4. The van der Waals surface area contributed by atoms with E-state index in [9.17, 15) is 9.18 Å². The summed E-state index contributed by atoms with van der Waals surface area (Å²) in [6.07, 6.45) is 0. The van der Waals surface area contributed by atoms with Crippen molar-refractivity contribution in [3.8, 4) is 11.3 Å². The predicted octanol–water partition coefficient (Wildman–Crippen LogP) is 4.14. The number of aromatic amines is 1. The number of benzene rings is 2. The van der Waals surface area contributed by atoms with E-state index in [0.717, 1.165) is 11.0 Å². The van der Waals surface area contributed by atoms with Crippen LogP contribution < -0.4 is 5.32 Å². The lowest BCUT2D eigenvalue weighted by molar-refractivity contribution is 0.0951. The number of aryl methyl sites for hydroxylation is 1. The monoisotopic (exact) mass is 401 g/mol. The number of fused-ring (bicyclic) bond motifs is 2. The third kappa shape index (κ3) is 3.18. The van der Waals surface area contributed by atoms with Gasteiger partial charge in [-0.15, -0.1) is 0 Å². The lowest BCUT2D eigenvalue weighted by Crippen LogP contribution is -2.24. The van der Waals surface area contributed by atoms with Crippen molar-refractivity contribution in [2.75, 3.05) is 0 Å². The van der Waals surface area contributed by atoms with Gasteiger partial charge in [0.1, 0.15) is 11.6 Å². The summed E-state index contributed by atoms with van der Waals surface area (Å²) in [6, 6.07) is 15.2. The van der Waals surface area contributed by atoms with Gasteiger partial charge in [-0.05, 0) is 49.4 Å². The summed E-state index contributed by atoms with van der Waals surface area (Å²) in [4.78, 5) is 25.1. The molecule has 0 bridgehead atoms. The molecular weight excluding hydrogens is 385 g/mol. The lowest BCUT2D eigenvalue weighted by atomic mass is 10.1. The normalized spacial score (nSPS) is 11.3. The Bertz CT molecular complexity index is 1360. The van der Waals surface area contributed by atoms with Crippen LogP contribution in [0, 0.1) is 12.7 Å². The van der Waals surface area contributed by atoms with Crippen LogP contribution in [0.3, 0.4) is 0 Å². The molecule has 0 saturated carbocycles. The van der Waals surface area contributed by atoms with Gasteiger partial charge < -0.3 is 14.8 Å². The van der Waals surface area contributed by atoms with Crippen molar-refractivity contribution in [3.63, 3.8) is 0 Å². The maximum Gasteiger partial charge on any atom is 0.259 e. The van der Waals surface area contributed by atoms with Gasteiger partial charge in [-0.25, -0.2) is 14.4 Å². The number of nitrogens with zero attached hydrogens (tertiary/aromatic N) is 3. The van der Waals surface area contributed by atoms with E-state index in [2.05, 4.69) is 25.4 Å². The molecule has 0 spiro atoms. The molecule has 3 aromatic heterocycles. The molecule has 0 fully saturated rings. The van der Waals surface area contributed by atoms with Gasteiger partial charge in [0.2, 0.25) is 0 Å². The molecule has 2 aromatic carbocycles. The average molecular weight is 401 g/mol. The number of halogens is 1. The fourth-order valence-electron chi connectivity index (χ4n) is 3.39. The Morgan fingerprint density at radius 3 is 2.73 bits per heavy atom. The number of imidazole rings is 1. The number of pyridine rings is 1. The number of hydrogen-bond acceptors (Lipinski definition) is 5. The summed E-state index contributed by atoms with van der Waals surface area (Å²) in [7, 11) is 0. The number of para-hydroxylation sites is 2. The van der Waals surface area contributed by atoms with Gasteiger partial charge in [0, 0.05) is 5.56 Å². The van der Waals surface area contributed by atoms with Crippen molar-refractivity contribution in [2.45, 2.75) is 13.5 Å². The number of nitrogens with one attached hydrogen (secondary N) is 2. The second kappa shape index (κ2) is 7.07. The Morgan fingerprint density at radius 1 is 1.13 bits per heavy atom. The van der Waals surface area contributed by atoms with E-state index in [1.54, 1.807) is 25.1 Å². The van der Waals surface area contributed by atoms with Gasteiger partial charge in [0.05, 0.1) is 39.9 Å². The topological polar surface area (TPSA) is 96.7 Å². The molecule has 0 aliphatic rings. The van der Waals surface area contributed by atoms with Gasteiger partial charge in [0.25, 0.3) is 11.6 Å². The van der Waals surface area contributed by atoms with Crippen molar-refractivity contribution < 1.29 is 13.7 Å². The predicted molar refractivity (Wildman–Crippen MR) is 109 cm³/mol. The molecule has 8 heteroatoms. The highest BCUT2D eigenvalue weighted by Crippen LogP contribution is 2.27. The summed E-state index contributed by atoms with van der Waals surface area (Å²) in [6.45, 7) is 1.98. The van der Waals surface area contributed by atoms with Crippen LogP contribution in [-0.4, -0.2) is 26.0 Å². The molecule has 0 atom stereocenters. The first kappa shape index (κ1) is 18.0. The third-order valence-corrected chi connectivity index (χ3v) is 4.86. The molecule has 0 unspecified atom stereocenters. The first-order valence-electron chi connectivity index (χ1n) is 9.33. The molecule has 0 aliphatic heterocycles. The van der Waals surface area contributed by atoms with Crippen molar-refractivity contribution in [1.82, 2.24) is 25.4 Å². The second-order valence-electron chi connectivity index (χ2n) is 6.89. The first-order valence-corrected chi connectivity index (χ1v) is 9.33. The minimum atomic E-state index is -0.348. The highest BCUT2D eigenvalue weighted by molar-refractivity contribution is 6.07. The van der Waals surface area contributed by atoms with Crippen molar-refractivity contribution in [2.24, 2.45) is 0 Å². The highest BCUT2D eigenvalue weighted by atomic mass is 19.1. The third-order valence-electron chi connectivity index (χ3n) is 4.86. The van der Waals surface area contributed by atoms with Crippen LogP contribution >= 0.6 is 0 Å².